The fourth-order valence-corrected chi connectivity index (χ4v) is 1.97. The molecule has 3 N–H and O–H groups in total. The molecule has 0 bridgehead atoms. The van der Waals surface area contributed by atoms with Crippen LogP contribution in [0.25, 0.3) is 0 Å². The van der Waals surface area contributed by atoms with Crippen LogP contribution < -0.4 is 10.6 Å². The van der Waals surface area contributed by atoms with E-state index >= 15 is 0 Å². The molecule has 21 heavy (non-hydrogen) atoms. The lowest BCUT2D eigenvalue weighted by Gasteiger charge is -2.11. The smallest absolute Gasteiger partial charge is 0.338 e. The first-order valence-electron chi connectivity index (χ1n) is 6.32. The standard InChI is InChI=1S/C14H16N4O3/c1-9-4-3-5-11(12(9)13(19)20)17-14(21)15-6-10-7-16-18(2)8-10/h3-5,7-8H,6H2,1-2H3,(H,19,20)(H2,15,17,21). The maximum absolute atomic E-state index is 11.8. The van der Waals surface area contributed by atoms with E-state index in [4.69, 9.17) is 0 Å². The number of aryl methyl sites for hydroxylation is 2. The molecule has 0 unspecified atom stereocenters. The van der Waals surface area contributed by atoms with Crippen LogP contribution in [0.4, 0.5) is 10.5 Å². The van der Waals surface area contributed by atoms with E-state index < -0.39 is 12.0 Å². The summed E-state index contributed by atoms with van der Waals surface area (Å²) in [6, 6.07) is 4.47. The van der Waals surface area contributed by atoms with E-state index in [1.807, 2.05) is 0 Å². The van der Waals surface area contributed by atoms with Gasteiger partial charge in [-0.3, -0.25) is 4.68 Å². The molecular formula is C14H16N4O3. The van der Waals surface area contributed by atoms with Gasteiger partial charge in [0, 0.05) is 25.4 Å². The monoisotopic (exact) mass is 288 g/mol. The summed E-state index contributed by atoms with van der Waals surface area (Å²) in [6.45, 7) is 2.00. The normalized spacial score (nSPS) is 10.2. The third kappa shape index (κ3) is 3.59. The number of benzene rings is 1. The Morgan fingerprint density at radius 3 is 2.76 bits per heavy atom. The quantitative estimate of drug-likeness (QED) is 0.798. The van der Waals surface area contributed by atoms with Crippen LogP contribution in [0.2, 0.25) is 0 Å². The van der Waals surface area contributed by atoms with Crippen molar-refractivity contribution in [3.05, 3.63) is 47.3 Å². The molecule has 1 heterocycles. The zero-order valence-corrected chi connectivity index (χ0v) is 11.8. The maximum atomic E-state index is 11.8. The maximum Gasteiger partial charge on any atom is 0.338 e. The van der Waals surface area contributed by atoms with Gasteiger partial charge in [-0.15, -0.1) is 0 Å². The second-order valence-electron chi connectivity index (χ2n) is 4.63. The SMILES string of the molecule is Cc1cccc(NC(=O)NCc2cnn(C)c2)c1C(=O)O. The molecule has 2 rings (SSSR count). The van der Waals surface area contributed by atoms with Crippen LogP contribution >= 0.6 is 0 Å². The highest BCUT2D eigenvalue weighted by molar-refractivity contribution is 6.01. The van der Waals surface area contributed by atoms with Gasteiger partial charge in [0.15, 0.2) is 0 Å². The summed E-state index contributed by atoms with van der Waals surface area (Å²) in [5.74, 6) is -1.07. The van der Waals surface area contributed by atoms with Crippen molar-refractivity contribution >= 4 is 17.7 Å². The Hall–Kier alpha value is -2.83. The molecule has 1 aromatic carbocycles. The number of carboxylic acid groups (broad SMARTS) is 1. The van der Waals surface area contributed by atoms with Crippen LogP contribution in [0.1, 0.15) is 21.5 Å². The molecule has 0 radical (unpaired) electrons. The van der Waals surface area contributed by atoms with Gasteiger partial charge in [-0.25, -0.2) is 9.59 Å². The molecule has 0 aliphatic carbocycles. The molecule has 0 aliphatic rings. The van der Waals surface area contributed by atoms with Crippen LogP contribution in [0.3, 0.4) is 0 Å². The number of rotatable bonds is 4. The van der Waals surface area contributed by atoms with E-state index in [1.54, 1.807) is 49.2 Å². The number of aromatic nitrogens is 2. The molecule has 7 nitrogen and oxygen atoms in total. The van der Waals surface area contributed by atoms with Crippen LogP contribution in [0.5, 0.6) is 0 Å². The van der Waals surface area contributed by atoms with E-state index in [2.05, 4.69) is 15.7 Å². The lowest BCUT2D eigenvalue weighted by molar-refractivity contribution is 0.0697. The fourth-order valence-electron chi connectivity index (χ4n) is 1.97. The van der Waals surface area contributed by atoms with Gasteiger partial charge in [-0.1, -0.05) is 12.1 Å². The fraction of sp³-hybridized carbons (Fsp3) is 0.214. The third-order valence-electron chi connectivity index (χ3n) is 2.95. The van der Waals surface area contributed by atoms with Gasteiger partial charge in [-0.2, -0.15) is 5.10 Å². The Morgan fingerprint density at radius 2 is 2.14 bits per heavy atom. The minimum absolute atomic E-state index is 0.0917. The predicted octanol–water partition coefficient (Wildman–Crippen LogP) is 1.75. The van der Waals surface area contributed by atoms with Crippen LogP contribution in [-0.4, -0.2) is 26.9 Å². The second kappa shape index (κ2) is 6.08. The number of carbonyl (C=O) groups excluding carboxylic acids is 1. The van der Waals surface area contributed by atoms with Crippen molar-refractivity contribution in [2.75, 3.05) is 5.32 Å². The largest absolute Gasteiger partial charge is 0.478 e. The van der Waals surface area contributed by atoms with Crippen LogP contribution in [-0.2, 0) is 13.6 Å². The molecule has 0 aliphatic heterocycles. The summed E-state index contributed by atoms with van der Waals surface area (Å²) in [7, 11) is 1.79. The number of nitrogens with zero attached hydrogens (tertiary/aromatic N) is 2. The molecule has 2 aromatic rings. The summed E-state index contributed by atoms with van der Waals surface area (Å²) in [4.78, 5) is 23.1. The third-order valence-corrected chi connectivity index (χ3v) is 2.95. The highest BCUT2D eigenvalue weighted by atomic mass is 16.4. The molecule has 0 spiro atoms. The van der Waals surface area contributed by atoms with Crippen molar-refractivity contribution in [3.8, 4) is 0 Å². The molecule has 1 aromatic heterocycles. The van der Waals surface area contributed by atoms with Gasteiger partial charge < -0.3 is 15.7 Å². The summed E-state index contributed by atoms with van der Waals surface area (Å²) < 4.78 is 1.64. The van der Waals surface area contributed by atoms with Crippen molar-refractivity contribution in [2.24, 2.45) is 7.05 Å². The summed E-state index contributed by atoms with van der Waals surface area (Å²) in [5, 5.41) is 18.4. The Bertz CT molecular complexity index is 679. The first-order valence-corrected chi connectivity index (χ1v) is 6.32. The van der Waals surface area contributed by atoms with Gasteiger partial charge in [-0.05, 0) is 18.6 Å². The molecular weight excluding hydrogens is 272 g/mol. The van der Waals surface area contributed by atoms with E-state index in [0.717, 1.165) is 5.56 Å². The zero-order valence-electron chi connectivity index (χ0n) is 11.8. The topological polar surface area (TPSA) is 96.3 Å². The van der Waals surface area contributed by atoms with Gasteiger partial charge in [0.2, 0.25) is 0 Å². The highest BCUT2D eigenvalue weighted by Gasteiger charge is 2.14. The summed E-state index contributed by atoms with van der Waals surface area (Å²) in [6.07, 6.45) is 3.44. The minimum atomic E-state index is -1.07. The van der Waals surface area contributed by atoms with Gasteiger partial charge in [0.05, 0.1) is 17.4 Å². The van der Waals surface area contributed by atoms with Gasteiger partial charge in [0.1, 0.15) is 0 Å². The number of hydrogen-bond donors (Lipinski definition) is 3. The number of hydrogen-bond acceptors (Lipinski definition) is 3. The molecule has 0 atom stereocenters. The van der Waals surface area contributed by atoms with E-state index in [0.29, 0.717) is 12.1 Å². The average Bonchev–Trinajstić information content (AvgIpc) is 2.82. The van der Waals surface area contributed by atoms with E-state index in [1.165, 1.54) is 0 Å². The molecule has 0 fully saturated rings. The molecule has 2 amide bonds. The Labute approximate surface area is 121 Å². The molecule has 7 heteroatoms. The Kier molecular flexibility index (Phi) is 4.22. The number of carbonyl (C=O) groups is 2. The number of aromatic carboxylic acids is 1. The van der Waals surface area contributed by atoms with Gasteiger partial charge in [0.25, 0.3) is 0 Å². The Morgan fingerprint density at radius 1 is 1.38 bits per heavy atom. The van der Waals surface area contributed by atoms with E-state index in [9.17, 15) is 14.7 Å². The highest BCUT2D eigenvalue weighted by Crippen LogP contribution is 2.19. The van der Waals surface area contributed by atoms with E-state index in [-0.39, 0.29) is 11.3 Å². The summed E-state index contributed by atoms with van der Waals surface area (Å²) in [5.41, 5.74) is 1.81. The van der Waals surface area contributed by atoms with Crippen LogP contribution in [0.15, 0.2) is 30.6 Å². The van der Waals surface area contributed by atoms with Crippen molar-refractivity contribution in [2.45, 2.75) is 13.5 Å². The number of anilines is 1. The first kappa shape index (κ1) is 14.6. The van der Waals surface area contributed by atoms with Crippen LogP contribution in [0, 0.1) is 6.92 Å². The molecule has 0 saturated heterocycles. The number of amides is 2. The first-order chi connectivity index (χ1) is 9.97. The number of urea groups is 1. The van der Waals surface area contributed by atoms with Crippen molar-refractivity contribution in [3.63, 3.8) is 0 Å². The number of nitrogens with one attached hydrogen (secondary N) is 2. The predicted molar refractivity (Wildman–Crippen MR) is 77.2 cm³/mol. The minimum Gasteiger partial charge on any atom is -0.478 e. The van der Waals surface area contributed by atoms with Crippen molar-refractivity contribution < 1.29 is 14.7 Å². The summed E-state index contributed by atoms with van der Waals surface area (Å²) >= 11 is 0. The zero-order chi connectivity index (χ0) is 15.4. The lowest BCUT2D eigenvalue weighted by Crippen LogP contribution is -2.29. The van der Waals surface area contributed by atoms with Crippen molar-refractivity contribution in [1.29, 1.82) is 0 Å². The van der Waals surface area contributed by atoms with Crippen molar-refractivity contribution in [1.82, 2.24) is 15.1 Å². The van der Waals surface area contributed by atoms with Gasteiger partial charge >= 0.3 is 12.0 Å². The number of carboxylic acids is 1. The Balaban J connectivity index is 2.03. The molecule has 110 valence electrons. The lowest BCUT2D eigenvalue weighted by atomic mass is 10.1. The average molecular weight is 288 g/mol. The molecule has 0 saturated carbocycles. The second-order valence-corrected chi connectivity index (χ2v) is 4.63.